The summed E-state index contributed by atoms with van der Waals surface area (Å²) in [6, 6.07) is 5.54. The van der Waals surface area contributed by atoms with Crippen LogP contribution in [-0.4, -0.2) is 0 Å². The van der Waals surface area contributed by atoms with Crippen LogP contribution in [0.1, 0.15) is 115 Å². The molecule has 166 valence electrons. The van der Waals surface area contributed by atoms with Crippen LogP contribution in [0.25, 0.3) is 0 Å². The summed E-state index contributed by atoms with van der Waals surface area (Å²) in [4.78, 5) is 0. The maximum absolute atomic E-state index is 14.1. The Morgan fingerprint density at radius 1 is 0.833 bits per heavy atom. The van der Waals surface area contributed by atoms with Crippen molar-refractivity contribution in [1.82, 2.24) is 0 Å². The fourth-order valence-corrected chi connectivity index (χ4v) is 5.83. The molecular formula is C29H43F. The molecular weight excluding hydrogens is 367 g/mol. The van der Waals surface area contributed by atoms with Gasteiger partial charge in [-0.05, 0) is 80.4 Å². The van der Waals surface area contributed by atoms with Crippen LogP contribution >= 0.6 is 0 Å². The van der Waals surface area contributed by atoms with Crippen LogP contribution in [0.4, 0.5) is 4.39 Å². The van der Waals surface area contributed by atoms with E-state index in [0.717, 1.165) is 41.7 Å². The van der Waals surface area contributed by atoms with Crippen molar-refractivity contribution in [2.24, 2.45) is 23.7 Å². The second-order valence-corrected chi connectivity index (χ2v) is 10.1. The van der Waals surface area contributed by atoms with Gasteiger partial charge in [-0.25, -0.2) is 4.39 Å². The van der Waals surface area contributed by atoms with E-state index in [1.54, 1.807) is 6.07 Å². The molecule has 1 heteroatoms. The normalized spacial score (nSPS) is 26.8. The Kier molecular flexibility index (Phi) is 9.77. The van der Waals surface area contributed by atoms with Crippen LogP contribution in [0.15, 0.2) is 18.2 Å². The van der Waals surface area contributed by atoms with E-state index in [1.165, 1.54) is 83.5 Å². The van der Waals surface area contributed by atoms with E-state index in [0.29, 0.717) is 5.92 Å². The van der Waals surface area contributed by atoms with E-state index in [2.05, 4.69) is 25.7 Å². The van der Waals surface area contributed by atoms with Crippen molar-refractivity contribution in [3.05, 3.63) is 35.1 Å². The lowest BCUT2D eigenvalue weighted by atomic mass is 9.69. The standard InChI is InChI=1S/C29H43F/c1-3-5-6-7-9-23-12-17-26(18-13-23)27-19-14-24(15-20-27)10-11-25-16-21-28(8-4-2)29(30)22-25/h16,21-24,26-27H,3-9,12-15,17-20H2,1-2H3/t23-,24-,26-,27-. The van der Waals surface area contributed by atoms with Gasteiger partial charge in [0.2, 0.25) is 0 Å². The monoisotopic (exact) mass is 410 g/mol. The minimum Gasteiger partial charge on any atom is -0.207 e. The fraction of sp³-hybridized carbons (Fsp3) is 0.724. The maximum atomic E-state index is 14.1. The molecule has 0 N–H and O–H groups in total. The van der Waals surface area contributed by atoms with Gasteiger partial charge in [0.25, 0.3) is 0 Å². The lowest BCUT2D eigenvalue weighted by Gasteiger charge is -2.37. The summed E-state index contributed by atoms with van der Waals surface area (Å²) >= 11 is 0. The first-order valence-electron chi connectivity index (χ1n) is 13.0. The van der Waals surface area contributed by atoms with Crippen molar-refractivity contribution in [2.75, 3.05) is 0 Å². The van der Waals surface area contributed by atoms with Crippen molar-refractivity contribution in [3.63, 3.8) is 0 Å². The van der Waals surface area contributed by atoms with E-state index in [-0.39, 0.29) is 5.82 Å². The maximum Gasteiger partial charge on any atom is 0.127 e. The van der Waals surface area contributed by atoms with E-state index in [1.807, 2.05) is 12.1 Å². The first-order valence-corrected chi connectivity index (χ1v) is 13.0. The molecule has 0 heterocycles. The lowest BCUT2D eigenvalue weighted by molar-refractivity contribution is 0.153. The van der Waals surface area contributed by atoms with Crippen molar-refractivity contribution < 1.29 is 4.39 Å². The highest BCUT2D eigenvalue weighted by Crippen LogP contribution is 2.42. The van der Waals surface area contributed by atoms with Crippen molar-refractivity contribution in [3.8, 4) is 11.8 Å². The number of aryl methyl sites for hydroxylation is 1. The van der Waals surface area contributed by atoms with Gasteiger partial charge in [0.15, 0.2) is 0 Å². The predicted molar refractivity (Wildman–Crippen MR) is 127 cm³/mol. The van der Waals surface area contributed by atoms with Crippen LogP contribution in [0, 0.1) is 41.3 Å². The molecule has 0 aromatic heterocycles. The second-order valence-electron chi connectivity index (χ2n) is 10.1. The van der Waals surface area contributed by atoms with Crippen LogP contribution in [0.3, 0.4) is 0 Å². The van der Waals surface area contributed by atoms with Gasteiger partial charge in [-0.15, -0.1) is 0 Å². The van der Waals surface area contributed by atoms with Gasteiger partial charge >= 0.3 is 0 Å². The molecule has 0 spiro atoms. The molecule has 0 unspecified atom stereocenters. The summed E-state index contributed by atoms with van der Waals surface area (Å²) in [6.45, 7) is 4.39. The number of unbranched alkanes of at least 4 members (excludes halogenated alkanes) is 3. The number of halogens is 1. The molecule has 0 amide bonds. The fourth-order valence-electron chi connectivity index (χ4n) is 5.83. The highest BCUT2D eigenvalue weighted by atomic mass is 19.1. The third-order valence-electron chi connectivity index (χ3n) is 7.79. The van der Waals surface area contributed by atoms with E-state index in [9.17, 15) is 4.39 Å². The van der Waals surface area contributed by atoms with Gasteiger partial charge in [0.1, 0.15) is 5.82 Å². The minimum atomic E-state index is -0.0895. The summed E-state index contributed by atoms with van der Waals surface area (Å²) < 4.78 is 14.1. The summed E-state index contributed by atoms with van der Waals surface area (Å²) in [7, 11) is 0. The van der Waals surface area contributed by atoms with Crippen LogP contribution in [0.2, 0.25) is 0 Å². The molecule has 2 saturated carbocycles. The molecule has 1 aromatic carbocycles. The molecule has 0 bridgehead atoms. The Balaban J connectivity index is 1.39. The van der Waals surface area contributed by atoms with E-state index in [4.69, 9.17) is 0 Å². The zero-order valence-corrected chi connectivity index (χ0v) is 19.5. The first-order chi connectivity index (χ1) is 14.7. The predicted octanol–water partition coefficient (Wildman–Crippen LogP) is 8.71. The van der Waals surface area contributed by atoms with Crippen molar-refractivity contribution >= 4 is 0 Å². The van der Waals surface area contributed by atoms with Crippen molar-refractivity contribution in [2.45, 2.75) is 110 Å². The van der Waals surface area contributed by atoms with Crippen molar-refractivity contribution in [1.29, 1.82) is 0 Å². The summed E-state index contributed by atoms with van der Waals surface area (Å²) in [5.74, 6) is 10.1. The van der Waals surface area contributed by atoms with Gasteiger partial charge in [0, 0.05) is 11.5 Å². The van der Waals surface area contributed by atoms with Crippen LogP contribution in [0.5, 0.6) is 0 Å². The number of hydrogen-bond acceptors (Lipinski definition) is 0. The largest absolute Gasteiger partial charge is 0.207 e. The third kappa shape index (κ3) is 7.14. The summed E-state index contributed by atoms with van der Waals surface area (Å²) in [5, 5.41) is 0. The number of rotatable bonds is 8. The highest BCUT2D eigenvalue weighted by molar-refractivity contribution is 5.37. The summed E-state index contributed by atoms with van der Waals surface area (Å²) in [5.41, 5.74) is 1.66. The second kappa shape index (κ2) is 12.5. The Labute approximate surface area is 185 Å². The van der Waals surface area contributed by atoms with E-state index >= 15 is 0 Å². The minimum absolute atomic E-state index is 0.0895. The molecule has 2 aliphatic carbocycles. The first kappa shape index (κ1) is 23.4. The average molecular weight is 411 g/mol. The number of hydrogen-bond donors (Lipinski definition) is 0. The Bertz CT molecular complexity index is 678. The molecule has 0 saturated heterocycles. The van der Waals surface area contributed by atoms with E-state index < -0.39 is 0 Å². The van der Waals surface area contributed by atoms with Gasteiger partial charge in [-0.2, -0.15) is 0 Å². The SMILES string of the molecule is CCCCCC[C@H]1CC[C@H]([C@H]2CC[C@H](C#Cc3ccc(CCC)c(F)c3)CC2)CC1. The quantitative estimate of drug-likeness (QED) is 0.297. The molecule has 0 nitrogen and oxygen atoms in total. The van der Waals surface area contributed by atoms with Crippen LogP contribution < -0.4 is 0 Å². The zero-order chi connectivity index (χ0) is 21.2. The van der Waals surface area contributed by atoms with Crippen LogP contribution in [-0.2, 0) is 6.42 Å². The van der Waals surface area contributed by atoms with Gasteiger partial charge in [-0.3, -0.25) is 0 Å². The van der Waals surface area contributed by atoms with Gasteiger partial charge in [-0.1, -0.05) is 83.1 Å². The highest BCUT2D eigenvalue weighted by Gasteiger charge is 2.30. The molecule has 1 aromatic rings. The van der Waals surface area contributed by atoms with Gasteiger partial charge < -0.3 is 0 Å². The molecule has 0 radical (unpaired) electrons. The Morgan fingerprint density at radius 2 is 1.53 bits per heavy atom. The number of benzene rings is 1. The Morgan fingerprint density at radius 3 is 2.17 bits per heavy atom. The smallest absolute Gasteiger partial charge is 0.127 e. The molecule has 30 heavy (non-hydrogen) atoms. The molecule has 2 fully saturated rings. The summed E-state index contributed by atoms with van der Waals surface area (Å²) in [6.07, 6.45) is 20.0. The molecule has 0 atom stereocenters. The average Bonchev–Trinajstić information content (AvgIpc) is 2.78. The third-order valence-corrected chi connectivity index (χ3v) is 7.79. The molecule has 2 aliphatic rings. The molecule has 0 aliphatic heterocycles. The van der Waals surface area contributed by atoms with Gasteiger partial charge in [0.05, 0.1) is 0 Å². The zero-order valence-electron chi connectivity index (χ0n) is 19.5. The topological polar surface area (TPSA) is 0 Å². The molecule has 3 rings (SSSR count). The lowest BCUT2D eigenvalue weighted by Crippen LogP contribution is -2.25. The Hall–Kier alpha value is -1.29.